The van der Waals surface area contributed by atoms with Gasteiger partial charge in [0.1, 0.15) is 5.75 Å². The fourth-order valence-electron chi connectivity index (χ4n) is 3.21. The third kappa shape index (κ3) is 8.74. The van der Waals surface area contributed by atoms with E-state index in [9.17, 15) is 0 Å². The van der Waals surface area contributed by atoms with Gasteiger partial charge in [-0.15, -0.1) is 24.0 Å². The van der Waals surface area contributed by atoms with Crippen LogP contribution in [0, 0.1) is 0 Å². The molecule has 1 aromatic rings. The van der Waals surface area contributed by atoms with E-state index in [4.69, 9.17) is 26.1 Å². The fraction of sp³-hybridized carbons (Fsp3) is 0.650. The number of hydrogen-bond acceptors (Lipinski definition) is 5. The lowest BCUT2D eigenvalue weighted by Gasteiger charge is -2.22. The highest BCUT2D eigenvalue weighted by molar-refractivity contribution is 14.0. The average Bonchev–Trinajstić information content (AvgIpc) is 3.14. The Hall–Kier alpha value is -0.970. The lowest BCUT2D eigenvalue weighted by Crippen LogP contribution is -2.45. The number of nitrogens with one attached hydrogen (secondary N) is 2. The zero-order valence-corrected chi connectivity index (χ0v) is 21.0. The molecule has 29 heavy (non-hydrogen) atoms. The van der Waals surface area contributed by atoms with Gasteiger partial charge < -0.3 is 29.9 Å². The molecule has 9 heteroatoms. The fourth-order valence-corrected chi connectivity index (χ4v) is 3.38. The van der Waals surface area contributed by atoms with Crippen molar-refractivity contribution in [3.63, 3.8) is 0 Å². The van der Waals surface area contributed by atoms with Crippen LogP contribution in [0.1, 0.15) is 13.3 Å². The molecule has 2 N–H and O–H groups in total. The summed E-state index contributed by atoms with van der Waals surface area (Å²) >= 11 is 6.19. The number of anilines is 1. The van der Waals surface area contributed by atoms with E-state index >= 15 is 0 Å². The van der Waals surface area contributed by atoms with Gasteiger partial charge in [-0.05, 0) is 38.6 Å². The van der Waals surface area contributed by atoms with E-state index in [2.05, 4.69) is 34.4 Å². The van der Waals surface area contributed by atoms with Crippen molar-refractivity contribution in [2.24, 2.45) is 4.99 Å². The standard InChI is InChI=1S/C20H34ClN5O2.HI/c1-5-22-20(23-9-11-25(2)12-13-27-3)24-17-8-10-26(15-17)18-14-16(21)6-7-19(18)28-4;/h6-7,14,17H,5,8-13,15H2,1-4H3,(H2,22,23,24);1H. The number of nitrogens with zero attached hydrogens (tertiary/aromatic N) is 3. The molecule has 1 fully saturated rings. The number of halogens is 2. The number of likely N-dealkylation sites (N-methyl/N-ethyl adjacent to an activating group) is 1. The molecule has 0 bridgehead atoms. The molecule has 0 saturated carbocycles. The molecule has 0 radical (unpaired) electrons. The van der Waals surface area contributed by atoms with Gasteiger partial charge in [0.2, 0.25) is 0 Å². The van der Waals surface area contributed by atoms with E-state index in [1.54, 1.807) is 14.2 Å². The summed E-state index contributed by atoms with van der Waals surface area (Å²) in [6.45, 7) is 8.05. The SMILES string of the molecule is CCNC(=NCCN(C)CCOC)NC1CCN(c2cc(Cl)ccc2OC)C1.I. The van der Waals surface area contributed by atoms with Crippen LogP contribution in [0.5, 0.6) is 5.75 Å². The second-order valence-corrected chi connectivity index (χ2v) is 7.39. The van der Waals surface area contributed by atoms with E-state index in [0.717, 1.165) is 74.7 Å². The van der Waals surface area contributed by atoms with Crippen LogP contribution < -0.4 is 20.3 Å². The normalized spacial score (nSPS) is 16.7. The zero-order valence-electron chi connectivity index (χ0n) is 17.9. The first-order valence-electron chi connectivity index (χ1n) is 9.88. The minimum Gasteiger partial charge on any atom is -0.495 e. The van der Waals surface area contributed by atoms with Gasteiger partial charge in [-0.25, -0.2) is 0 Å². The molecule has 0 aliphatic carbocycles. The van der Waals surface area contributed by atoms with Crippen LogP contribution in [0.3, 0.4) is 0 Å². The van der Waals surface area contributed by atoms with E-state index < -0.39 is 0 Å². The largest absolute Gasteiger partial charge is 0.495 e. The quantitative estimate of drug-likeness (QED) is 0.271. The van der Waals surface area contributed by atoms with Gasteiger partial charge >= 0.3 is 0 Å². The number of hydrogen-bond donors (Lipinski definition) is 2. The molecule has 1 saturated heterocycles. The van der Waals surface area contributed by atoms with Gasteiger partial charge in [0.15, 0.2) is 5.96 Å². The van der Waals surface area contributed by atoms with E-state index in [0.29, 0.717) is 6.04 Å². The summed E-state index contributed by atoms with van der Waals surface area (Å²) in [6.07, 6.45) is 1.04. The van der Waals surface area contributed by atoms with E-state index in [1.165, 1.54) is 0 Å². The molecular weight excluding hydrogens is 505 g/mol. The van der Waals surface area contributed by atoms with E-state index in [1.807, 2.05) is 18.2 Å². The smallest absolute Gasteiger partial charge is 0.191 e. The van der Waals surface area contributed by atoms with Crippen molar-refractivity contribution >= 4 is 47.2 Å². The predicted molar refractivity (Wildman–Crippen MR) is 133 cm³/mol. The summed E-state index contributed by atoms with van der Waals surface area (Å²) in [7, 11) is 5.50. The first kappa shape index (κ1) is 26.1. The summed E-state index contributed by atoms with van der Waals surface area (Å²) in [5.41, 5.74) is 1.04. The predicted octanol–water partition coefficient (Wildman–Crippen LogP) is 2.68. The molecular formula is C20H35ClIN5O2. The molecule has 1 aliphatic rings. The van der Waals surface area contributed by atoms with E-state index in [-0.39, 0.29) is 24.0 Å². The Morgan fingerprint density at radius 2 is 2.14 bits per heavy atom. The van der Waals surface area contributed by atoms with Crippen LogP contribution in [-0.2, 0) is 4.74 Å². The Morgan fingerprint density at radius 1 is 1.34 bits per heavy atom. The second kappa shape index (κ2) is 14.1. The molecule has 0 spiro atoms. The van der Waals surface area contributed by atoms with Crippen molar-refractivity contribution in [2.75, 3.05) is 72.0 Å². The lowest BCUT2D eigenvalue weighted by atomic mass is 10.2. The van der Waals surface area contributed by atoms with Gasteiger partial charge in [-0.3, -0.25) is 4.99 Å². The Kier molecular flexibility index (Phi) is 12.7. The maximum absolute atomic E-state index is 6.19. The topological polar surface area (TPSA) is 61.4 Å². The van der Waals surface area contributed by atoms with Gasteiger partial charge in [0, 0.05) is 50.9 Å². The zero-order chi connectivity index (χ0) is 20.4. The van der Waals surface area contributed by atoms with Crippen LogP contribution >= 0.6 is 35.6 Å². The van der Waals surface area contributed by atoms with Crippen molar-refractivity contribution in [3.05, 3.63) is 23.2 Å². The number of benzene rings is 1. The third-order valence-corrected chi connectivity index (χ3v) is 5.02. The summed E-state index contributed by atoms with van der Waals surface area (Å²) in [5.74, 6) is 1.72. The monoisotopic (exact) mass is 539 g/mol. The van der Waals surface area contributed by atoms with Crippen molar-refractivity contribution in [2.45, 2.75) is 19.4 Å². The maximum Gasteiger partial charge on any atom is 0.191 e. The number of ether oxygens (including phenoxy) is 2. The van der Waals surface area contributed by atoms with Crippen LogP contribution in [0.15, 0.2) is 23.2 Å². The molecule has 7 nitrogen and oxygen atoms in total. The minimum atomic E-state index is 0. The van der Waals surface area contributed by atoms with Crippen molar-refractivity contribution < 1.29 is 9.47 Å². The summed E-state index contributed by atoms with van der Waals surface area (Å²) in [6, 6.07) is 6.07. The van der Waals surface area contributed by atoms with Crippen LogP contribution in [0.2, 0.25) is 5.02 Å². The molecule has 1 heterocycles. The molecule has 1 atom stereocenters. The van der Waals surface area contributed by atoms with Crippen LogP contribution in [0.25, 0.3) is 0 Å². The first-order valence-corrected chi connectivity index (χ1v) is 10.3. The Bertz CT molecular complexity index is 635. The summed E-state index contributed by atoms with van der Waals surface area (Å²) in [4.78, 5) is 9.25. The van der Waals surface area contributed by atoms with Crippen molar-refractivity contribution in [1.29, 1.82) is 0 Å². The van der Waals surface area contributed by atoms with Crippen LogP contribution in [0.4, 0.5) is 5.69 Å². The van der Waals surface area contributed by atoms with Gasteiger partial charge in [0.05, 0.1) is 25.9 Å². The van der Waals surface area contributed by atoms with Gasteiger partial charge in [0.25, 0.3) is 0 Å². The second-order valence-electron chi connectivity index (χ2n) is 6.95. The molecule has 1 aromatic carbocycles. The molecule has 2 rings (SSSR count). The number of guanidine groups is 1. The minimum absolute atomic E-state index is 0. The number of aliphatic imine (C=N–C) groups is 1. The highest BCUT2D eigenvalue weighted by Gasteiger charge is 2.25. The highest BCUT2D eigenvalue weighted by Crippen LogP contribution is 2.33. The third-order valence-electron chi connectivity index (χ3n) is 4.78. The number of rotatable bonds is 10. The highest BCUT2D eigenvalue weighted by atomic mass is 127. The summed E-state index contributed by atoms with van der Waals surface area (Å²) < 4.78 is 10.6. The van der Waals surface area contributed by atoms with Gasteiger partial charge in [-0.2, -0.15) is 0 Å². The number of methoxy groups -OCH3 is 2. The lowest BCUT2D eigenvalue weighted by molar-refractivity contribution is 0.163. The van der Waals surface area contributed by atoms with Crippen LogP contribution in [-0.4, -0.2) is 84.0 Å². The van der Waals surface area contributed by atoms with Crippen molar-refractivity contribution in [1.82, 2.24) is 15.5 Å². The molecule has 166 valence electrons. The molecule has 1 unspecified atom stereocenters. The molecule has 0 aromatic heterocycles. The summed E-state index contributed by atoms with van der Waals surface area (Å²) in [5, 5.41) is 7.63. The molecule has 0 amide bonds. The Labute approximate surface area is 197 Å². The maximum atomic E-state index is 6.19. The molecule has 1 aliphatic heterocycles. The average molecular weight is 540 g/mol. The van der Waals surface area contributed by atoms with Crippen molar-refractivity contribution in [3.8, 4) is 5.75 Å². The Balaban J connectivity index is 0.00000420. The van der Waals surface area contributed by atoms with Gasteiger partial charge in [-0.1, -0.05) is 11.6 Å². The Morgan fingerprint density at radius 3 is 2.83 bits per heavy atom. The first-order chi connectivity index (χ1) is 13.6.